The van der Waals surface area contributed by atoms with Gasteiger partial charge in [0.15, 0.2) is 6.29 Å². The summed E-state index contributed by atoms with van der Waals surface area (Å²) in [5.41, 5.74) is 1.98. The molecule has 74 valence electrons. The zero-order chi connectivity index (χ0) is 10.7. The second kappa shape index (κ2) is 4.19. The van der Waals surface area contributed by atoms with E-state index >= 15 is 0 Å². The summed E-state index contributed by atoms with van der Waals surface area (Å²) in [6.45, 7) is 0. The van der Waals surface area contributed by atoms with Gasteiger partial charge >= 0.3 is 0 Å². The van der Waals surface area contributed by atoms with E-state index in [0.717, 1.165) is 11.1 Å². The van der Waals surface area contributed by atoms with Gasteiger partial charge in [-0.3, -0.25) is 9.78 Å². The molecule has 0 bridgehead atoms. The predicted molar refractivity (Wildman–Crippen MR) is 57.9 cm³/mol. The van der Waals surface area contributed by atoms with Crippen molar-refractivity contribution in [2.24, 2.45) is 0 Å². The van der Waals surface area contributed by atoms with Crippen LogP contribution in [0.3, 0.4) is 0 Å². The van der Waals surface area contributed by atoms with Gasteiger partial charge in [-0.05, 0) is 18.2 Å². The standard InChI is InChI=1S/C11H7ClN2O/c12-11-10(4-3-9(7-15)14-11)8-2-1-5-13-6-8/h1-7H. The first-order valence-electron chi connectivity index (χ1n) is 4.33. The fourth-order valence-electron chi connectivity index (χ4n) is 1.25. The molecule has 0 radical (unpaired) electrons. The number of hydrogen-bond donors (Lipinski definition) is 0. The number of halogens is 1. The average Bonchev–Trinajstić information content (AvgIpc) is 2.30. The zero-order valence-electron chi connectivity index (χ0n) is 7.72. The molecule has 4 heteroatoms. The highest BCUT2D eigenvalue weighted by atomic mass is 35.5. The summed E-state index contributed by atoms with van der Waals surface area (Å²) in [4.78, 5) is 18.4. The van der Waals surface area contributed by atoms with Crippen molar-refractivity contribution in [3.05, 3.63) is 47.5 Å². The molecular weight excluding hydrogens is 212 g/mol. The number of carbonyl (C=O) groups is 1. The van der Waals surface area contributed by atoms with Crippen LogP contribution in [0.25, 0.3) is 11.1 Å². The van der Waals surface area contributed by atoms with Crippen LogP contribution in [-0.2, 0) is 0 Å². The summed E-state index contributed by atoms with van der Waals surface area (Å²) in [5, 5.41) is 0.313. The first-order chi connectivity index (χ1) is 7.31. The molecule has 2 rings (SSSR count). The molecular formula is C11H7ClN2O. The van der Waals surface area contributed by atoms with Crippen LogP contribution < -0.4 is 0 Å². The Morgan fingerprint density at radius 3 is 2.73 bits per heavy atom. The van der Waals surface area contributed by atoms with Crippen LogP contribution in [0.1, 0.15) is 10.5 Å². The Kier molecular flexibility index (Phi) is 2.74. The summed E-state index contributed by atoms with van der Waals surface area (Å²) in [7, 11) is 0. The minimum atomic E-state index is 0.313. The molecule has 0 aliphatic carbocycles. The lowest BCUT2D eigenvalue weighted by Crippen LogP contribution is -1.89. The van der Waals surface area contributed by atoms with Gasteiger partial charge in [0.1, 0.15) is 10.8 Å². The Balaban J connectivity index is 2.51. The molecule has 0 aromatic carbocycles. The van der Waals surface area contributed by atoms with Gasteiger partial charge in [-0.15, -0.1) is 0 Å². The van der Waals surface area contributed by atoms with E-state index in [0.29, 0.717) is 17.1 Å². The monoisotopic (exact) mass is 218 g/mol. The summed E-state index contributed by atoms with van der Waals surface area (Å²) >= 11 is 5.94. The van der Waals surface area contributed by atoms with Crippen molar-refractivity contribution < 1.29 is 4.79 Å². The van der Waals surface area contributed by atoms with E-state index in [-0.39, 0.29) is 0 Å². The van der Waals surface area contributed by atoms with E-state index in [9.17, 15) is 4.79 Å². The molecule has 2 heterocycles. The Morgan fingerprint density at radius 1 is 1.27 bits per heavy atom. The van der Waals surface area contributed by atoms with Gasteiger partial charge in [0.05, 0.1) is 0 Å². The Hall–Kier alpha value is -1.74. The molecule has 0 unspecified atom stereocenters. The summed E-state index contributed by atoms with van der Waals surface area (Å²) in [5.74, 6) is 0. The topological polar surface area (TPSA) is 42.9 Å². The van der Waals surface area contributed by atoms with Gasteiger partial charge in [-0.1, -0.05) is 17.7 Å². The average molecular weight is 219 g/mol. The summed E-state index contributed by atoms with van der Waals surface area (Å²) in [6, 6.07) is 7.09. The highest BCUT2D eigenvalue weighted by Gasteiger charge is 2.05. The molecule has 0 aliphatic heterocycles. The lowest BCUT2D eigenvalue weighted by Gasteiger charge is -2.02. The number of pyridine rings is 2. The van der Waals surface area contributed by atoms with E-state index in [4.69, 9.17) is 11.6 Å². The van der Waals surface area contributed by atoms with Gasteiger partial charge in [-0.25, -0.2) is 4.98 Å². The van der Waals surface area contributed by atoms with Gasteiger partial charge in [0.2, 0.25) is 0 Å². The minimum Gasteiger partial charge on any atom is -0.296 e. The second-order valence-electron chi connectivity index (χ2n) is 2.93. The molecule has 15 heavy (non-hydrogen) atoms. The van der Waals surface area contributed by atoms with Crippen LogP contribution in [0, 0.1) is 0 Å². The lowest BCUT2D eigenvalue weighted by atomic mass is 10.1. The van der Waals surface area contributed by atoms with E-state index in [1.54, 1.807) is 24.5 Å². The fraction of sp³-hybridized carbons (Fsp3) is 0. The third-order valence-electron chi connectivity index (χ3n) is 1.96. The quantitative estimate of drug-likeness (QED) is 0.575. The summed E-state index contributed by atoms with van der Waals surface area (Å²) < 4.78 is 0. The largest absolute Gasteiger partial charge is 0.296 e. The van der Waals surface area contributed by atoms with E-state index in [1.165, 1.54) is 0 Å². The third-order valence-corrected chi connectivity index (χ3v) is 2.25. The van der Waals surface area contributed by atoms with Crippen molar-refractivity contribution in [2.75, 3.05) is 0 Å². The van der Waals surface area contributed by atoms with E-state index in [1.807, 2.05) is 12.1 Å². The maximum Gasteiger partial charge on any atom is 0.168 e. The molecule has 0 amide bonds. The molecule has 0 saturated heterocycles. The Morgan fingerprint density at radius 2 is 2.13 bits per heavy atom. The van der Waals surface area contributed by atoms with Crippen molar-refractivity contribution in [1.29, 1.82) is 0 Å². The molecule has 0 N–H and O–H groups in total. The van der Waals surface area contributed by atoms with Crippen LogP contribution in [0.5, 0.6) is 0 Å². The van der Waals surface area contributed by atoms with Crippen molar-refractivity contribution in [1.82, 2.24) is 9.97 Å². The number of aldehydes is 1. The van der Waals surface area contributed by atoms with E-state index < -0.39 is 0 Å². The molecule has 0 fully saturated rings. The number of hydrogen-bond acceptors (Lipinski definition) is 3. The first-order valence-corrected chi connectivity index (χ1v) is 4.71. The smallest absolute Gasteiger partial charge is 0.168 e. The third kappa shape index (κ3) is 2.02. The van der Waals surface area contributed by atoms with Crippen molar-refractivity contribution in [3.8, 4) is 11.1 Å². The highest BCUT2D eigenvalue weighted by molar-refractivity contribution is 6.32. The number of nitrogens with zero attached hydrogens (tertiary/aromatic N) is 2. The SMILES string of the molecule is O=Cc1ccc(-c2cccnc2)c(Cl)n1. The van der Waals surface area contributed by atoms with Crippen LogP contribution in [0.4, 0.5) is 0 Å². The molecule has 0 atom stereocenters. The number of carbonyl (C=O) groups excluding carboxylic acids is 1. The molecule has 3 nitrogen and oxygen atoms in total. The predicted octanol–water partition coefficient (Wildman–Crippen LogP) is 2.61. The normalized spacial score (nSPS) is 9.93. The minimum absolute atomic E-state index is 0.313. The van der Waals surface area contributed by atoms with Crippen molar-refractivity contribution in [2.45, 2.75) is 0 Å². The second-order valence-corrected chi connectivity index (χ2v) is 3.29. The maximum absolute atomic E-state index is 10.5. The van der Waals surface area contributed by atoms with Crippen molar-refractivity contribution >= 4 is 17.9 Å². The van der Waals surface area contributed by atoms with Crippen LogP contribution in [0.2, 0.25) is 5.15 Å². The molecule has 0 saturated carbocycles. The lowest BCUT2D eigenvalue weighted by molar-refractivity contribution is 0.111. The van der Waals surface area contributed by atoms with Gasteiger partial charge in [0.25, 0.3) is 0 Å². The summed E-state index contributed by atoms with van der Waals surface area (Å²) in [6.07, 6.45) is 4.05. The fourth-order valence-corrected chi connectivity index (χ4v) is 1.52. The first kappa shape index (κ1) is 9.80. The molecule has 0 spiro atoms. The molecule has 2 aromatic heterocycles. The number of aromatic nitrogens is 2. The maximum atomic E-state index is 10.5. The Labute approximate surface area is 91.8 Å². The van der Waals surface area contributed by atoms with Crippen molar-refractivity contribution in [3.63, 3.8) is 0 Å². The van der Waals surface area contributed by atoms with Crippen LogP contribution in [-0.4, -0.2) is 16.3 Å². The Bertz CT molecular complexity index is 485. The number of rotatable bonds is 2. The van der Waals surface area contributed by atoms with Crippen LogP contribution >= 0.6 is 11.6 Å². The zero-order valence-corrected chi connectivity index (χ0v) is 8.48. The molecule has 0 aliphatic rings. The molecule has 2 aromatic rings. The van der Waals surface area contributed by atoms with E-state index in [2.05, 4.69) is 9.97 Å². The van der Waals surface area contributed by atoms with Gasteiger partial charge in [0, 0.05) is 23.5 Å². The van der Waals surface area contributed by atoms with Crippen LogP contribution in [0.15, 0.2) is 36.7 Å². The highest BCUT2D eigenvalue weighted by Crippen LogP contribution is 2.25. The van der Waals surface area contributed by atoms with Gasteiger partial charge < -0.3 is 0 Å². The van der Waals surface area contributed by atoms with Gasteiger partial charge in [-0.2, -0.15) is 0 Å².